The summed E-state index contributed by atoms with van der Waals surface area (Å²) in [6.07, 6.45) is 0. The Labute approximate surface area is 164 Å². The van der Waals surface area contributed by atoms with E-state index in [0.29, 0.717) is 24.6 Å². The number of amides is 1. The number of methoxy groups -OCH3 is 1. The average Bonchev–Trinajstić information content (AvgIpc) is 2.62. The quantitative estimate of drug-likeness (QED) is 0.355. The highest BCUT2D eigenvalue weighted by Crippen LogP contribution is 2.12. The van der Waals surface area contributed by atoms with Gasteiger partial charge < -0.3 is 21.1 Å². The summed E-state index contributed by atoms with van der Waals surface area (Å²) in [4.78, 5) is 15.3. The number of hydrogen-bond donors (Lipinski definition) is 3. The molecule has 25 heavy (non-hydrogen) atoms. The van der Waals surface area contributed by atoms with E-state index in [0.717, 1.165) is 16.9 Å². The SMILES string of the molecule is CN=C(NCc1ccc(C(N)=O)cc1)NCc1cccc(OC)c1.I. The van der Waals surface area contributed by atoms with E-state index in [1.54, 1.807) is 26.3 Å². The molecule has 0 saturated heterocycles. The van der Waals surface area contributed by atoms with E-state index in [4.69, 9.17) is 10.5 Å². The summed E-state index contributed by atoms with van der Waals surface area (Å²) in [5.41, 5.74) is 7.86. The van der Waals surface area contributed by atoms with E-state index in [1.165, 1.54) is 0 Å². The first-order valence-electron chi connectivity index (χ1n) is 7.58. The number of benzene rings is 2. The Balaban J connectivity index is 0.00000312. The van der Waals surface area contributed by atoms with Crippen molar-refractivity contribution >= 4 is 35.8 Å². The van der Waals surface area contributed by atoms with Crippen LogP contribution in [0.15, 0.2) is 53.5 Å². The van der Waals surface area contributed by atoms with Crippen molar-refractivity contribution in [2.75, 3.05) is 14.2 Å². The van der Waals surface area contributed by atoms with E-state index in [-0.39, 0.29) is 24.0 Å². The largest absolute Gasteiger partial charge is 0.497 e. The number of halogens is 1. The second-order valence-corrected chi connectivity index (χ2v) is 5.19. The molecule has 0 aliphatic heterocycles. The van der Waals surface area contributed by atoms with Crippen LogP contribution in [-0.2, 0) is 13.1 Å². The lowest BCUT2D eigenvalue weighted by Crippen LogP contribution is -2.36. The number of carbonyl (C=O) groups excluding carboxylic acids is 1. The van der Waals surface area contributed by atoms with Crippen LogP contribution in [0.2, 0.25) is 0 Å². The summed E-state index contributed by atoms with van der Waals surface area (Å²) in [5.74, 6) is 1.09. The molecule has 0 unspecified atom stereocenters. The zero-order valence-corrected chi connectivity index (χ0v) is 16.6. The maximum absolute atomic E-state index is 11.1. The number of guanidine groups is 1. The summed E-state index contributed by atoms with van der Waals surface area (Å²) in [6.45, 7) is 1.23. The van der Waals surface area contributed by atoms with Crippen LogP contribution in [-0.4, -0.2) is 26.0 Å². The third-order valence-electron chi connectivity index (χ3n) is 3.52. The fourth-order valence-electron chi connectivity index (χ4n) is 2.16. The number of nitrogens with one attached hydrogen (secondary N) is 2. The normalized spacial score (nSPS) is 10.6. The summed E-state index contributed by atoms with van der Waals surface area (Å²) in [6, 6.07) is 15.0. The molecule has 2 aromatic rings. The Bertz CT molecular complexity index is 717. The highest BCUT2D eigenvalue weighted by molar-refractivity contribution is 14.0. The second-order valence-electron chi connectivity index (χ2n) is 5.19. The van der Waals surface area contributed by atoms with Crippen LogP contribution in [0, 0.1) is 0 Å². The molecular weight excluding hydrogens is 431 g/mol. The van der Waals surface area contributed by atoms with Gasteiger partial charge in [-0.25, -0.2) is 0 Å². The first-order valence-corrected chi connectivity index (χ1v) is 7.58. The van der Waals surface area contributed by atoms with Gasteiger partial charge in [0.1, 0.15) is 5.75 Å². The van der Waals surface area contributed by atoms with Crippen LogP contribution >= 0.6 is 24.0 Å². The Kier molecular flexibility index (Phi) is 8.76. The molecule has 0 aliphatic carbocycles. The maximum atomic E-state index is 11.1. The molecule has 1 amide bonds. The molecule has 7 heteroatoms. The molecule has 0 fully saturated rings. The van der Waals surface area contributed by atoms with Gasteiger partial charge in [-0.1, -0.05) is 24.3 Å². The minimum atomic E-state index is -0.426. The Morgan fingerprint density at radius 2 is 1.72 bits per heavy atom. The van der Waals surface area contributed by atoms with Gasteiger partial charge in [0.05, 0.1) is 7.11 Å². The molecular formula is C18H23IN4O2. The van der Waals surface area contributed by atoms with Gasteiger partial charge in [0.2, 0.25) is 5.91 Å². The fourth-order valence-corrected chi connectivity index (χ4v) is 2.16. The van der Waals surface area contributed by atoms with Gasteiger partial charge in [0.15, 0.2) is 5.96 Å². The molecule has 0 atom stereocenters. The number of carbonyl (C=O) groups is 1. The van der Waals surface area contributed by atoms with Crippen molar-refractivity contribution in [1.82, 2.24) is 10.6 Å². The smallest absolute Gasteiger partial charge is 0.248 e. The Hall–Kier alpha value is -2.29. The van der Waals surface area contributed by atoms with Crippen LogP contribution in [0.5, 0.6) is 5.75 Å². The molecule has 2 aromatic carbocycles. The van der Waals surface area contributed by atoms with Crippen molar-refractivity contribution in [1.29, 1.82) is 0 Å². The molecule has 0 radical (unpaired) electrons. The first kappa shape index (κ1) is 20.8. The highest BCUT2D eigenvalue weighted by Gasteiger charge is 2.02. The number of primary amides is 1. The van der Waals surface area contributed by atoms with Gasteiger partial charge in [-0.2, -0.15) is 0 Å². The van der Waals surface area contributed by atoms with Gasteiger partial charge in [-0.3, -0.25) is 9.79 Å². The van der Waals surface area contributed by atoms with Crippen molar-refractivity contribution in [2.45, 2.75) is 13.1 Å². The van der Waals surface area contributed by atoms with Crippen LogP contribution < -0.4 is 21.1 Å². The van der Waals surface area contributed by atoms with Crippen molar-refractivity contribution in [3.8, 4) is 5.75 Å². The number of rotatable bonds is 6. The van der Waals surface area contributed by atoms with E-state index in [2.05, 4.69) is 15.6 Å². The molecule has 0 heterocycles. The molecule has 0 aromatic heterocycles. The number of aliphatic imine (C=N–C) groups is 1. The molecule has 0 saturated carbocycles. The van der Waals surface area contributed by atoms with Crippen molar-refractivity contribution in [3.05, 3.63) is 65.2 Å². The summed E-state index contributed by atoms with van der Waals surface area (Å²) in [7, 11) is 3.37. The predicted octanol–water partition coefficient (Wildman–Crippen LogP) is 2.28. The van der Waals surface area contributed by atoms with Gasteiger partial charge >= 0.3 is 0 Å². The fraction of sp³-hybridized carbons (Fsp3) is 0.222. The lowest BCUT2D eigenvalue weighted by molar-refractivity contribution is 0.100. The first-order chi connectivity index (χ1) is 11.6. The minimum absolute atomic E-state index is 0. The monoisotopic (exact) mass is 454 g/mol. The van der Waals surface area contributed by atoms with Crippen molar-refractivity contribution in [2.24, 2.45) is 10.7 Å². The third-order valence-corrected chi connectivity index (χ3v) is 3.52. The van der Waals surface area contributed by atoms with Crippen LogP contribution in [0.1, 0.15) is 21.5 Å². The lowest BCUT2D eigenvalue weighted by atomic mass is 10.1. The third kappa shape index (κ3) is 6.61. The van der Waals surface area contributed by atoms with Crippen molar-refractivity contribution in [3.63, 3.8) is 0 Å². The highest BCUT2D eigenvalue weighted by atomic mass is 127. The van der Waals surface area contributed by atoms with E-state index < -0.39 is 5.91 Å². The van der Waals surface area contributed by atoms with E-state index in [9.17, 15) is 4.79 Å². The molecule has 6 nitrogen and oxygen atoms in total. The van der Waals surface area contributed by atoms with Gasteiger partial charge in [-0.15, -0.1) is 24.0 Å². The van der Waals surface area contributed by atoms with Gasteiger partial charge in [0, 0.05) is 25.7 Å². The molecule has 2 rings (SSSR count). The molecule has 4 N–H and O–H groups in total. The van der Waals surface area contributed by atoms with Crippen LogP contribution in [0.4, 0.5) is 0 Å². The summed E-state index contributed by atoms with van der Waals surface area (Å²) < 4.78 is 5.21. The van der Waals surface area contributed by atoms with Gasteiger partial charge in [0.25, 0.3) is 0 Å². The molecule has 0 aliphatic rings. The standard InChI is InChI=1S/C18H22N4O2.HI/c1-20-18(22-12-14-4-3-5-16(10-14)24-2)21-11-13-6-8-15(9-7-13)17(19)23;/h3-10H,11-12H2,1-2H3,(H2,19,23)(H2,20,21,22);1H. The predicted molar refractivity (Wildman–Crippen MR) is 110 cm³/mol. The average molecular weight is 454 g/mol. The maximum Gasteiger partial charge on any atom is 0.248 e. The number of nitrogens with zero attached hydrogens (tertiary/aromatic N) is 1. The zero-order valence-electron chi connectivity index (χ0n) is 14.3. The minimum Gasteiger partial charge on any atom is -0.497 e. The number of nitrogens with two attached hydrogens (primary N) is 1. The number of hydrogen-bond acceptors (Lipinski definition) is 3. The van der Waals surface area contributed by atoms with Crippen LogP contribution in [0.25, 0.3) is 0 Å². The van der Waals surface area contributed by atoms with Gasteiger partial charge in [-0.05, 0) is 35.4 Å². The summed E-state index contributed by atoms with van der Waals surface area (Å²) >= 11 is 0. The molecule has 134 valence electrons. The van der Waals surface area contributed by atoms with E-state index in [1.807, 2.05) is 36.4 Å². The number of ether oxygens (including phenoxy) is 1. The summed E-state index contributed by atoms with van der Waals surface area (Å²) in [5, 5.41) is 6.47. The Morgan fingerprint density at radius 3 is 2.28 bits per heavy atom. The van der Waals surface area contributed by atoms with Crippen molar-refractivity contribution < 1.29 is 9.53 Å². The zero-order chi connectivity index (χ0) is 17.4. The Morgan fingerprint density at radius 1 is 1.08 bits per heavy atom. The molecule has 0 spiro atoms. The van der Waals surface area contributed by atoms with E-state index >= 15 is 0 Å². The molecule has 0 bridgehead atoms. The lowest BCUT2D eigenvalue weighted by Gasteiger charge is -2.12. The van der Waals surface area contributed by atoms with Crippen LogP contribution in [0.3, 0.4) is 0 Å². The topological polar surface area (TPSA) is 88.7 Å². The second kappa shape index (κ2) is 10.5.